The summed E-state index contributed by atoms with van der Waals surface area (Å²) in [6, 6.07) is 13.2. The van der Waals surface area contributed by atoms with Crippen LogP contribution in [0.4, 0.5) is 0 Å². The first-order chi connectivity index (χ1) is 17.1. The van der Waals surface area contributed by atoms with E-state index in [1.54, 1.807) is 81.5 Å². The number of aliphatic hydroxyl groups is 1. The smallest absolute Gasteiger partial charge is 0.423 e. The number of hydrogen-bond acceptors (Lipinski definition) is 9. The molecule has 0 fully saturated rings. The highest BCUT2D eigenvalue weighted by Crippen LogP contribution is 2.52. The molecule has 2 atom stereocenters. The molecule has 9 nitrogen and oxygen atoms in total. The molecule has 0 saturated carbocycles. The molecule has 1 N–H and O–H groups in total. The summed E-state index contributed by atoms with van der Waals surface area (Å²) in [4.78, 5) is 12.3. The zero-order chi connectivity index (χ0) is 26.6. The Balaban J connectivity index is 2.07. The summed E-state index contributed by atoms with van der Waals surface area (Å²) in [5.74, 6) is -1.06. The molecule has 0 saturated heterocycles. The third kappa shape index (κ3) is 9.51. The Bertz CT molecular complexity index is 1150. The lowest BCUT2D eigenvalue weighted by Gasteiger charge is -2.20. The largest absolute Gasteiger partial charge is 0.530 e. The summed E-state index contributed by atoms with van der Waals surface area (Å²) >= 11 is 0. The van der Waals surface area contributed by atoms with Crippen molar-refractivity contribution in [3.8, 4) is 11.5 Å². The molecule has 2 aromatic carbocycles. The van der Waals surface area contributed by atoms with Crippen molar-refractivity contribution in [2.45, 2.75) is 33.5 Å². The molecule has 11 heteroatoms. The van der Waals surface area contributed by atoms with Gasteiger partial charge < -0.3 is 14.2 Å². The average molecular weight is 538 g/mol. The van der Waals surface area contributed by atoms with Crippen molar-refractivity contribution < 1.29 is 41.6 Å². The number of aliphatic hydroxyl groups excluding tert-OH is 1. The molecule has 0 amide bonds. The Labute approximate surface area is 211 Å². The van der Waals surface area contributed by atoms with E-state index >= 15 is 0 Å². The highest BCUT2D eigenvalue weighted by Gasteiger charge is 2.32. The van der Waals surface area contributed by atoms with Gasteiger partial charge in [0.2, 0.25) is 0 Å². The lowest BCUT2D eigenvalue weighted by Crippen LogP contribution is -2.10. The second kappa shape index (κ2) is 14.3. The van der Waals surface area contributed by atoms with Gasteiger partial charge in [-0.1, -0.05) is 36.4 Å². The molecule has 0 aliphatic carbocycles. The molecule has 196 valence electrons. The number of rotatable bonds is 15. The predicted molar refractivity (Wildman–Crippen MR) is 139 cm³/mol. The lowest BCUT2D eigenvalue weighted by atomic mass is 10.1. The van der Waals surface area contributed by atoms with E-state index < -0.39 is 21.3 Å². The van der Waals surface area contributed by atoms with E-state index in [0.29, 0.717) is 11.1 Å². The Morgan fingerprint density at radius 2 is 1.31 bits per heavy atom. The topological polar surface area (TPSA) is 118 Å². The molecule has 36 heavy (non-hydrogen) atoms. The van der Waals surface area contributed by atoms with Crippen LogP contribution < -0.4 is 9.05 Å². The van der Waals surface area contributed by atoms with Crippen molar-refractivity contribution in [2.24, 2.45) is 0 Å². The van der Waals surface area contributed by atoms with E-state index in [0.717, 1.165) is 0 Å². The number of phosphoric acid groups is 1. The fourth-order valence-corrected chi connectivity index (χ4v) is 5.21. The number of allylic oxidation sites excluding steroid dienone is 2. The van der Waals surface area contributed by atoms with Crippen LogP contribution in [0, 0.1) is 0 Å². The molecule has 2 aromatic rings. The van der Waals surface area contributed by atoms with E-state index in [2.05, 4.69) is 0 Å². The predicted octanol–water partition coefficient (Wildman–Crippen LogP) is 6.49. The first-order valence-electron chi connectivity index (χ1n) is 11.4. The van der Waals surface area contributed by atoms with Crippen molar-refractivity contribution in [2.75, 3.05) is 19.8 Å². The van der Waals surface area contributed by atoms with Crippen molar-refractivity contribution in [3.63, 3.8) is 0 Å². The Morgan fingerprint density at radius 1 is 0.833 bits per heavy atom. The van der Waals surface area contributed by atoms with E-state index in [9.17, 15) is 19.0 Å². The van der Waals surface area contributed by atoms with E-state index in [-0.39, 0.29) is 37.1 Å². The minimum atomic E-state index is -3.73. The Hall–Kier alpha value is -2.51. The molecule has 0 spiro atoms. The summed E-state index contributed by atoms with van der Waals surface area (Å²) in [7, 11) is -7.45. The van der Waals surface area contributed by atoms with Gasteiger partial charge in [-0.15, -0.1) is 0 Å². The number of phosphoric ester groups is 1. The van der Waals surface area contributed by atoms with Gasteiger partial charge in [0, 0.05) is 0 Å². The van der Waals surface area contributed by atoms with Crippen LogP contribution in [0.2, 0.25) is 0 Å². The molecule has 2 rings (SSSR count). The lowest BCUT2D eigenvalue weighted by molar-refractivity contribution is -0.110. The van der Waals surface area contributed by atoms with Crippen LogP contribution in [0.1, 0.15) is 38.8 Å². The molecule has 0 aliphatic heterocycles. The average Bonchev–Trinajstić information content (AvgIpc) is 2.82. The molecule has 0 aliphatic rings. The van der Waals surface area contributed by atoms with Gasteiger partial charge in [0.15, 0.2) is 11.6 Å². The molecule has 0 heterocycles. The number of benzene rings is 2. The second-order valence-electron chi connectivity index (χ2n) is 7.27. The van der Waals surface area contributed by atoms with Crippen LogP contribution in [-0.4, -0.2) is 36.6 Å². The van der Waals surface area contributed by atoms with Crippen molar-refractivity contribution in [1.82, 2.24) is 0 Å². The molecule has 0 aromatic heterocycles. The number of carbonyl (C=O) groups is 1. The van der Waals surface area contributed by atoms with Gasteiger partial charge >= 0.3 is 15.4 Å². The van der Waals surface area contributed by atoms with Crippen molar-refractivity contribution >= 4 is 33.4 Å². The Kier molecular flexibility index (Phi) is 11.8. The summed E-state index contributed by atoms with van der Waals surface area (Å²) in [5.41, 5.74) is 1.27. The monoisotopic (exact) mass is 538 g/mol. The van der Waals surface area contributed by atoms with E-state index in [4.69, 9.17) is 22.6 Å². The summed E-state index contributed by atoms with van der Waals surface area (Å²) in [5, 5.41) is 9.77. The summed E-state index contributed by atoms with van der Waals surface area (Å²) in [6.07, 6.45) is 5.91. The number of hydrogen-bond donors (Lipinski definition) is 1. The third-order valence-corrected chi connectivity index (χ3v) is 7.97. The zero-order valence-corrected chi connectivity index (χ0v) is 22.5. The van der Waals surface area contributed by atoms with E-state index in [1.165, 1.54) is 19.1 Å². The van der Waals surface area contributed by atoms with Gasteiger partial charge in [-0.05, 0) is 75.2 Å². The van der Waals surface area contributed by atoms with Crippen LogP contribution >= 0.6 is 15.4 Å². The minimum Gasteiger partial charge on any atom is -0.423 e. The maximum Gasteiger partial charge on any atom is 0.530 e. The van der Waals surface area contributed by atoms with Gasteiger partial charge in [0.25, 0.3) is 0 Å². The quantitative estimate of drug-likeness (QED) is 0.201. The van der Waals surface area contributed by atoms with Gasteiger partial charge in [-0.2, -0.15) is 0 Å². The summed E-state index contributed by atoms with van der Waals surface area (Å²) < 4.78 is 51.4. The van der Waals surface area contributed by atoms with Crippen LogP contribution in [-0.2, 0) is 27.5 Å². The maximum atomic E-state index is 12.6. The molecule has 0 radical (unpaired) electrons. The van der Waals surface area contributed by atoms with Crippen molar-refractivity contribution in [3.05, 3.63) is 71.8 Å². The first-order valence-corrected chi connectivity index (χ1v) is 14.5. The van der Waals surface area contributed by atoms with Crippen LogP contribution in [0.5, 0.6) is 11.5 Å². The molecular weight excluding hydrogens is 506 g/mol. The molecular formula is C25H32O9P2. The van der Waals surface area contributed by atoms with Gasteiger partial charge in [-0.25, -0.2) is 9.13 Å². The fraction of sp³-hybridized carbons (Fsp3) is 0.320. The fourth-order valence-electron chi connectivity index (χ4n) is 2.83. The third-order valence-electron chi connectivity index (χ3n) is 4.39. The SMILES string of the molecule is CCOP(=O)(OCC)Oc1cccc(/C=C/C(=O)/C=C/c2cccc(OP(=O)(OCC)C(C)O)c2)c1. The molecule has 2 unspecified atom stereocenters. The first kappa shape index (κ1) is 29.7. The van der Waals surface area contributed by atoms with Crippen molar-refractivity contribution in [1.29, 1.82) is 0 Å². The van der Waals surface area contributed by atoms with Crippen LogP contribution in [0.15, 0.2) is 60.7 Å². The van der Waals surface area contributed by atoms with Gasteiger partial charge in [0.1, 0.15) is 11.5 Å². The standard InChI is InChI=1S/C25H32O9P2/c1-5-30-35(28,20(4)26)33-24-12-8-10-21(18-24)14-16-23(27)17-15-22-11-9-13-25(19-22)34-36(29,31-6-2)32-7-3/h8-20,26H,5-7H2,1-4H3/b16-14+,17-15+. The van der Waals surface area contributed by atoms with Gasteiger partial charge in [-0.3, -0.25) is 18.4 Å². The normalized spacial score (nSPS) is 14.6. The second-order valence-corrected chi connectivity index (χ2v) is 11.1. The minimum absolute atomic E-state index is 0.121. The highest BCUT2D eigenvalue weighted by molar-refractivity contribution is 7.54. The van der Waals surface area contributed by atoms with Crippen LogP contribution in [0.25, 0.3) is 12.2 Å². The maximum absolute atomic E-state index is 12.6. The zero-order valence-electron chi connectivity index (χ0n) is 20.7. The van der Waals surface area contributed by atoms with Crippen LogP contribution in [0.3, 0.4) is 0 Å². The number of carbonyl (C=O) groups excluding carboxylic acids is 1. The molecule has 0 bridgehead atoms. The highest BCUT2D eigenvalue weighted by atomic mass is 31.2. The van der Waals surface area contributed by atoms with Gasteiger partial charge in [0.05, 0.1) is 19.8 Å². The Morgan fingerprint density at radius 3 is 1.75 bits per heavy atom. The van der Waals surface area contributed by atoms with E-state index in [1.807, 2.05) is 0 Å². The number of ketones is 1. The summed E-state index contributed by atoms with van der Waals surface area (Å²) in [6.45, 7) is 6.81.